The van der Waals surface area contributed by atoms with Crippen molar-refractivity contribution in [1.29, 1.82) is 0 Å². The van der Waals surface area contributed by atoms with Gasteiger partial charge in [0, 0.05) is 18.3 Å². The molecule has 1 aliphatic heterocycles. The number of nitrogens with zero attached hydrogens (tertiary/aromatic N) is 1. The van der Waals surface area contributed by atoms with Crippen LogP contribution in [-0.2, 0) is 27.4 Å². The Kier molecular flexibility index (Phi) is 7.88. The van der Waals surface area contributed by atoms with Crippen molar-refractivity contribution >= 4 is 5.97 Å². The minimum absolute atomic E-state index is 0.216. The van der Waals surface area contributed by atoms with Crippen LogP contribution in [0.2, 0.25) is 0 Å². The number of carbonyl (C=O) groups is 1. The normalized spacial score (nSPS) is 20.6. The summed E-state index contributed by atoms with van der Waals surface area (Å²) < 4.78 is 11.3. The average molecular weight is 394 g/mol. The summed E-state index contributed by atoms with van der Waals surface area (Å²) in [5.74, 6) is 0.216. The summed E-state index contributed by atoms with van der Waals surface area (Å²) in [6, 6.07) is 20.8. The van der Waals surface area contributed by atoms with Gasteiger partial charge in [0.25, 0.3) is 0 Å². The maximum Gasteiger partial charge on any atom is 0.332 e. The third kappa shape index (κ3) is 6.20. The summed E-state index contributed by atoms with van der Waals surface area (Å²) in [5, 5.41) is 0. The van der Waals surface area contributed by atoms with Crippen LogP contribution in [0.1, 0.15) is 37.8 Å². The lowest BCUT2D eigenvalue weighted by Crippen LogP contribution is -2.45. The number of piperidine rings is 1. The van der Waals surface area contributed by atoms with Crippen LogP contribution in [0.3, 0.4) is 0 Å². The van der Waals surface area contributed by atoms with Gasteiger partial charge in [0.15, 0.2) is 0 Å². The highest BCUT2D eigenvalue weighted by Gasteiger charge is 2.31. The molecule has 2 atom stereocenters. The smallest absolute Gasteiger partial charge is 0.332 e. The van der Waals surface area contributed by atoms with Gasteiger partial charge < -0.3 is 14.4 Å². The first kappa shape index (κ1) is 21.1. The molecule has 0 radical (unpaired) electrons. The average Bonchev–Trinajstić information content (AvgIpc) is 2.74. The number of benzene rings is 2. The Labute approximate surface area is 174 Å². The zero-order chi connectivity index (χ0) is 20.5. The predicted octanol–water partition coefficient (Wildman–Crippen LogP) is 4.95. The highest BCUT2D eigenvalue weighted by molar-refractivity contribution is 5.82. The van der Waals surface area contributed by atoms with Crippen LogP contribution in [0.5, 0.6) is 0 Å². The quantitative estimate of drug-likeness (QED) is 0.470. The summed E-state index contributed by atoms with van der Waals surface area (Å²) >= 11 is 0. The zero-order valence-electron chi connectivity index (χ0n) is 17.4. The van der Waals surface area contributed by atoms with Crippen LogP contribution in [-0.4, -0.2) is 30.1 Å². The zero-order valence-corrected chi connectivity index (χ0v) is 17.4. The molecular weight excluding hydrogens is 362 g/mol. The first-order chi connectivity index (χ1) is 14.2. The molecule has 1 aliphatic rings. The van der Waals surface area contributed by atoms with Crippen molar-refractivity contribution in [2.45, 2.75) is 45.9 Å². The third-order valence-electron chi connectivity index (χ3n) is 5.45. The summed E-state index contributed by atoms with van der Waals surface area (Å²) in [4.78, 5) is 14.5. The van der Waals surface area contributed by atoms with Crippen molar-refractivity contribution < 1.29 is 14.3 Å². The van der Waals surface area contributed by atoms with E-state index < -0.39 is 0 Å². The van der Waals surface area contributed by atoms with Gasteiger partial charge in [0.1, 0.15) is 0 Å². The van der Waals surface area contributed by atoms with Gasteiger partial charge in [-0.2, -0.15) is 0 Å². The van der Waals surface area contributed by atoms with Gasteiger partial charge in [-0.15, -0.1) is 0 Å². The fourth-order valence-electron chi connectivity index (χ4n) is 3.83. The third-order valence-corrected chi connectivity index (χ3v) is 5.45. The van der Waals surface area contributed by atoms with E-state index in [2.05, 4.69) is 48.2 Å². The minimum Gasteiger partial charge on any atom is -0.463 e. The number of likely N-dealkylation sites (tertiary alicyclic amines) is 1. The summed E-state index contributed by atoms with van der Waals surface area (Å²) in [6.45, 7) is 6.48. The van der Waals surface area contributed by atoms with Crippen LogP contribution in [0.4, 0.5) is 0 Å². The second kappa shape index (κ2) is 10.8. The van der Waals surface area contributed by atoms with E-state index in [4.69, 9.17) is 9.47 Å². The van der Waals surface area contributed by atoms with E-state index in [0.29, 0.717) is 25.7 Å². The number of carbonyl (C=O) groups excluding carboxylic acids is 1. The Morgan fingerprint density at radius 2 is 1.72 bits per heavy atom. The van der Waals surface area contributed by atoms with Crippen LogP contribution in [0.25, 0.3) is 0 Å². The topological polar surface area (TPSA) is 38.8 Å². The maximum atomic E-state index is 12.1. The van der Waals surface area contributed by atoms with Crippen molar-refractivity contribution in [1.82, 2.24) is 4.90 Å². The largest absolute Gasteiger partial charge is 0.463 e. The monoisotopic (exact) mass is 393 g/mol. The van der Waals surface area contributed by atoms with Gasteiger partial charge in [-0.3, -0.25) is 0 Å². The van der Waals surface area contributed by atoms with E-state index >= 15 is 0 Å². The van der Waals surface area contributed by atoms with Gasteiger partial charge in [-0.25, -0.2) is 4.79 Å². The van der Waals surface area contributed by atoms with E-state index in [9.17, 15) is 4.79 Å². The Balaban J connectivity index is 1.76. The molecule has 0 amide bonds. The standard InChI is InChI=1S/C25H31NO3/c1-3-29-25(27)16-23-15-14-20(2)24(19-28-18-22-12-8-5-9-13-22)26(23)17-21-10-6-4-7-11-21/h4-13,16,20,24H,3,14-15,17-19H2,1-2H3/b23-16+. The number of hydrogen-bond donors (Lipinski definition) is 0. The van der Waals surface area contributed by atoms with Gasteiger partial charge in [0.2, 0.25) is 0 Å². The summed E-state index contributed by atoms with van der Waals surface area (Å²) in [7, 11) is 0. The molecule has 2 unspecified atom stereocenters. The molecular formula is C25H31NO3. The summed E-state index contributed by atoms with van der Waals surface area (Å²) in [5.41, 5.74) is 3.44. The van der Waals surface area contributed by atoms with E-state index in [1.807, 2.05) is 31.2 Å². The number of hydrogen-bond acceptors (Lipinski definition) is 4. The summed E-state index contributed by atoms with van der Waals surface area (Å²) in [6.07, 6.45) is 3.58. The predicted molar refractivity (Wildman–Crippen MR) is 115 cm³/mol. The lowest BCUT2D eigenvalue weighted by atomic mass is 9.88. The second-order valence-electron chi connectivity index (χ2n) is 7.59. The molecule has 1 fully saturated rings. The van der Waals surface area contributed by atoms with Crippen molar-refractivity contribution in [3.8, 4) is 0 Å². The molecule has 4 nitrogen and oxygen atoms in total. The first-order valence-corrected chi connectivity index (χ1v) is 10.5. The highest BCUT2D eigenvalue weighted by Crippen LogP contribution is 2.32. The van der Waals surface area contributed by atoms with Gasteiger partial charge in [-0.05, 0) is 36.8 Å². The Hall–Kier alpha value is -2.59. The first-order valence-electron chi connectivity index (χ1n) is 10.5. The van der Waals surface area contributed by atoms with E-state index in [-0.39, 0.29) is 12.0 Å². The van der Waals surface area contributed by atoms with Gasteiger partial charge in [0.05, 0.1) is 25.9 Å². The molecule has 0 saturated carbocycles. The van der Waals surface area contributed by atoms with Crippen LogP contribution >= 0.6 is 0 Å². The van der Waals surface area contributed by atoms with E-state index in [0.717, 1.165) is 25.1 Å². The number of rotatable bonds is 8. The number of ether oxygens (including phenoxy) is 2. The lowest BCUT2D eigenvalue weighted by Gasteiger charge is -2.43. The number of esters is 1. The SMILES string of the molecule is CCOC(=O)/C=C1\CCC(C)C(COCc2ccccc2)N1Cc1ccccc1. The molecule has 29 heavy (non-hydrogen) atoms. The van der Waals surface area contributed by atoms with Crippen molar-refractivity contribution in [2.75, 3.05) is 13.2 Å². The number of allylic oxidation sites excluding steroid dienone is 1. The molecule has 0 N–H and O–H groups in total. The Morgan fingerprint density at radius 3 is 2.38 bits per heavy atom. The van der Waals surface area contributed by atoms with Crippen LogP contribution < -0.4 is 0 Å². The second-order valence-corrected chi connectivity index (χ2v) is 7.59. The molecule has 0 aromatic heterocycles. The van der Waals surface area contributed by atoms with E-state index in [1.165, 1.54) is 11.1 Å². The Morgan fingerprint density at radius 1 is 1.07 bits per heavy atom. The maximum absolute atomic E-state index is 12.1. The molecule has 1 heterocycles. The van der Waals surface area contributed by atoms with Crippen LogP contribution in [0.15, 0.2) is 72.4 Å². The van der Waals surface area contributed by atoms with Gasteiger partial charge >= 0.3 is 5.97 Å². The van der Waals surface area contributed by atoms with Crippen molar-refractivity contribution in [2.24, 2.45) is 5.92 Å². The fraction of sp³-hybridized carbons (Fsp3) is 0.400. The molecule has 154 valence electrons. The molecule has 0 bridgehead atoms. The Bertz CT molecular complexity index is 788. The van der Waals surface area contributed by atoms with Crippen LogP contribution in [0, 0.1) is 5.92 Å². The molecule has 1 saturated heterocycles. The van der Waals surface area contributed by atoms with Gasteiger partial charge in [-0.1, -0.05) is 67.6 Å². The van der Waals surface area contributed by atoms with E-state index in [1.54, 1.807) is 6.08 Å². The molecule has 4 heteroatoms. The lowest BCUT2D eigenvalue weighted by molar-refractivity contribution is -0.137. The molecule has 0 aliphatic carbocycles. The molecule has 3 rings (SSSR count). The molecule has 2 aromatic rings. The molecule has 0 spiro atoms. The van der Waals surface area contributed by atoms with Crippen molar-refractivity contribution in [3.63, 3.8) is 0 Å². The fourth-order valence-corrected chi connectivity index (χ4v) is 3.83. The minimum atomic E-state index is -0.265. The highest BCUT2D eigenvalue weighted by atomic mass is 16.5. The molecule has 2 aromatic carbocycles. The van der Waals surface area contributed by atoms with Crippen molar-refractivity contribution in [3.05, 3.63) is 83.6 Å².